The summed E-state index contributed by atoms with van der Waals surface area (Å²) in [5.41, 5.74) is 1.12. The number of rotatable bonds is 4. The first-order chi connectivity index (χ1) is 9.17. The predicted molar refractivity (Wildman–Crippen MR) is 77.1 cm³/mol. The van der Waals surface area contributed by atoms with Crippen LogP contribution in [0.1, 0.15) is 15.9 Å². The van der Waals surface area contributed by atoms with Crippen LogP contribution < -0.4 is 9.47 Å². The molecule has 0 atom stereocenters. The Kier molecular flexibility index (Phi) is 4.22. The molecule has 98 valence electrons. The van der Waals surface area contributed by atoms with Crippen molar-refractivity contribution in [2.75, 3.05) is 14.2 Å². The van der Waals surface area contributed by atoms with Crippen molar-refractivity contribution < 1.29 is 14.3 Å². The molecule has 2 aromatic rings. The van der Waals surface area contributed by atoms with Crippen molar-refractivity contribution in [2.45, 2.75) is 0 Å². The van der Waals surface area contributed by atoms with Gasteiger partial charge in [0.2, 0.25) is 0 Å². The lowest BCUT2D eigenvalue weighted by molar-refractivity contribution is 0.103. The third-order valence-electron chi connectivity index (χ3n) is 2.77. The molecule has 0 radical (unpaired) electrons. The van der Waals surface area contributed by atoms with Crippen LogP contribution in [0.15, 0.2) is 46.9 Å². The Hall–Kier alpha value is -1.81. The summed E-state index contributed by atoms with van der Waals surface area (Å²) in [6.07, 6.45) is 0. The van der Waals surface area contributed by atoms with Crippen molar-refractivity contribution in [3.63, 3.8) is 0 Å². The van der Waals surface area contributed by atoms with Crippen LogP contribution in [0.25, 0.3) is 0 Å². The predicted octanol–water partition coefficient (Wildman–Crippen LogP) is 3.70. The maximum atomic E-state index is 12.4. The number of hydrogen-bond donors (Lipinski definition) is 0. The summed E-state index contributed by atoms with van der Waals surface area (Å²) in [5.74, 6) is 1.18. The van der Waals surface area contributed by atoms with Crippen LogP contribution in [-0.2, 0) is 0 Å². The second-order valence-electron chi connectivity index (χ2n) is 3.88. The average Bonchev–Trinajstić information content (AvgIpc) is 2.46. The molecule has 4 heteroatoms. The summed E-state index contributed by atoms with van der Waals surface area (Å²) in [7, 11) is 3.14. The van der Waals surface area contributed by atoms with Crippen LogP contribution in [0.4, 0.5) is 0 Å². The molecule has 0 aromatic heterocycles. The molecule has 0 aliphatic heterocycles. The SMILES string of the molecule is COc1ccc(C(=O)c2ccccc2OC)cc1Br. The number of ether oxygens (including phenoxy) is 2. The minimum Gasteiger partial charge on any atom is -0.496 e. The van der Waals surface area contributed by atoms with E-state index in [1.165, 1.54) is 0 Å². The fraction of sp³-hybridized carbons (Fsp3) is 0.133. The van der Waals surface area contributed by atoms with Gasteiger partial charge in [-0.05, 0) is 46.3 Å². The Bertz CT molecular complexity index is 608. The number of halogens is 1. The standard InChI is InChI=1S/C15H13BrO3/c1-18-13-6-4-3-5-11(13)15(17)10-7-8-14(19-2)12(16)9-10/h3-9H,1-2H3. The van der Waals surface area contributed by atoms with E-state index >= 15 is 0 Å². The molecule has 0 bridgehead atoms. The molecule has 0 aliphatic carbocycles. The molecule has 19 heavy (non-hydrogen) atoms. The molecule has 0 N–H and O–H groups in total. The molecule has 0 heterocycles. The molecule has 0 unspecified atom stereocenters. The minimum atomic E-state index is -0.0826. The highest BCUT2D eigenvalue weighted by atomic mass is 79.9. The first-order valence-corrected chi connectivity index (χ1v) is 6.48. The molecule has 0 amide bonds. The normalized spacial score (nSPS) is 10.1. The maximum absolute atomic E-state index is 12.4. The van der Waals surface area contributed by atoms with E-state index in [0.717, 1.165) is 4.47 Å². The zero-order valence-corrected chi connectivity index (χ0v) is 12.2. The van der Waals surface area contributed by atoms with Crippen molar-refractivity contribution >= 4 is 21.7 Å². The van der Waals surface area contributed by atoms with E-state index in [2.05, 4.69) is 15.9 Å². The number of carbonyl (C=O) groups excluding carboxylic acids is 1. The third-order valence-corrected chi connectivity index (χ3v) is 3.39. The van der Waals surface area contributed by atoms with Gasteiger partial charge in [-0.15, -0.1) is 0 Å². The summed E-state index contributed by atoms with van der Waals surface area (Å²) in [5, 5.41) is 0. The molecule has 2 rings (SSSR count). The van der Waals surface area contributed by atoms with E-state index in [1.54, 1.807) is 44.6 Å². The van der Waals surface area contributed by atoms with E-state index in [0.29, 0.717) is 22.6 Å². The number of para-hydroxylation sites is 1. The number of methoxy groups -OCH3 is 2. The highest BCUT2D eigenvalue weighted by Crippen LogP contribution is 2.28. The molecule has 0 aliphatic rings. The molecule has 3 nitrogen and oxygen atoms in total. The van der Waals surface area contributed by atoms with Crippen molar-refractivity contribution in [1.82, 2.24) is 0 Å². The van der Waals surface area contributed by atoms with Crippen molar-refractivity contribution in [3.05, 3.63) is 58.1 Å². The van der Waals surface area contributed by atoms with Gasteiger partial charge in [0.25, 0.3) is 0 Å². The van der Waals surface area contributed by atoms with Crippen LogP contribution in [0, 0.1) is 0 Å². The van der Waals surface area contributed by atoms with Crippen LogP contribution in [-0.4, -0.2) is 20.0 Å². The summed E-state index contributed by atoms with van der Waals surface area (Å²) < 4.78 is 11.1. The van der Waals surface area contributed by atoms with Crippen molar-refractivity contribution in [2.24, 2.45) is 0 Å². The molecule has 0 fully saturated rings. The zero-order valence-electron chi connectivity index (χ0n) is 10.6. The van der Waals surface area contributed by atoms with Crippen molar-refractivity contribution in [1.29, 1.82) is 0 Å². The lowest BCUT2D eigenvalue weighted by Gasteiger charge is -2.09. The van der Waals surface area contributed by atoms with Crippen LogP contribution in [0.2, 0.25) is 0 Å². The number of carbonyl (C=O) groups is 1. The van der Waals surface area contributed by atoms with E-state index in [4.69, 9.17) is 9.47 Å². The van der Waals surface area contributed by atoms with Gasteiger partial charge < -0.3 is 9.47 Å². The zero-order chi connectivity index (χ0) is 13.8. The fourth-order valence-corrected chi connectivity index (χ4v) is 2.34. The van der Waals surface area contributed by atoms with Gasteiger partial charge in [-0.1, -0.05) is 12.1 Å². The Morgan fingerprint density at radius 2 is 1.68 bits per heavy atom. The van der Waals surface area contributed by atoms with Gasteiger partial charge in [0.05, 0.1) is 24.3 Å². The smallest absolute Gasteiger partial charge is 0.196 e. The van der Waals surface area contributed by atoms with Crippen LogP contribution in [0.5, 0.6) is 11.5 Å². The average molecular weight is 321 g/mol. The quantitative estimate of drug-likeness (QED) is 0.806. The second-order valence-corrected chi connectivity index (χ2v) is 4.73. The van der Waals surface area contributed by atoms with Gasteiger partial charge in [0.1, 0.15) is 11.5 Å². The van der Waals surface area contributed by atoms with E-state index in [-0.39, 0.29) is 5.78 Å². The summed E-state index contributed by atoms with van der Waals surface area (Å²) >= 11 is 3.38. The minimum absolute atomic E-state index is 0.0826. The van der Waals surface area contributed by atoms with Gasteiger partial charge in [-0.2, -0.15) is 0 Å². The highest BCUT2D eigenvalue weighted by Gasteiger charge is 2.15. The summed E-state index contributed by atoms with van der Waals surface area (Å²) in [6, 6.07) is 12.4. The molecule has 0 saturated heterocycles. The highest BCUT2D eigenvalue weighted by molar-refractivity contribution is 9.10. The maximum Gasteiger partial charge on any atom is 0.196 e. The van der Waals surface area contributed by atoms with Crippen LogP contribution >= 0.6 is 15.9 Å². The first kappa shape index (κ1) is 13.6. The molecule has 0 saturated carbocycles. The number of ketones is 1. The lowest BCUT2D eigenvalue weighted by atomic mass is 10.0. The Balaban J connectivity index is 2.41. The fourth-order valence-electron chi connectivity index (χ4n) is 1.80. The van der Waals surface area contributed by atoms with E-state index in [1.807, 2.05) is 12.1 Å². The lowest BCUT2D eigenvalue weighted by Crippen LogP contribution is -2.04. The van der Waals surface area contributed by atoms with E-state index < -0.39 is 0 Å². The third kappa shape index (κ3) is 2.79. The Labute approximate surface area is 120 Å². The molecular formula is C15H13BrO3. The first-order valence-electron chi connectivity index (χ1n) is 5.68. The van der Waals surface area contributed by atoms with Crippen LogP contribution in [0.3, 0.4) is 0 Å². The van der Waals surface area contributed by atoms with Gasteiger partial charge >= 0.3 is 0 Å². The Morgan fingerprint density at radius 3 is 2.32 bits per heavy atom. The summed E-state index contributed by atoms with van der Waals surface area (Å²) in [6.45, 7) is 0. The second kappa shape index (κ2) is 5.89. The molecule has 0 spiro atoms. The van der Waals surface area contributed by atoms with Gasteiger partial charge in [0, 0.05) is 5.56 Å². The van der Waals surface area contributed by atoms with Gasteiger partial charge in [-0.3, -0.25) is 4.79 Å². The monoisotopic (exact) mass is 320 g/mol. The molecular weight excluding hydrogens is 308 g/mol. The number of hydrogen-bond acceptors (Lipinski definition) is 3. The molecule has 2 aromatic carbocycles. The summed E-state index contributed by atoms with van der Waals surface area (Å²) in [4.78, 5) is 12.4. The van der Waals surface area contributed by atoms with Gasteiger partial charge in [0.15, 0.2) is 5.78 Å². The van der Waals surface area contributed by atoms with Crippen molar-refractivity contribution in [3.8, 4) is 11.5 Å². The largest absolute Gasteiger partial charge is 0.496 e. The number of benzene rings is 2. The van der Waals surface area contributed by atoms with Gasteiger partial charge in [-0.25, -0.2) is 0 Å². The Morgan fingerprint density at radius 1 is 1.00 bits per heavy atom. The topological polar surface area (TPSA) is 35.5 Å². The van der Waals surface area contributed by atoms with E-state index in [9.17, 15) is 4.79 Å².